The minimum atomic E-state index is 0.284. The topological polar surface area (TPSA) is 36.9 Å². The normalized spacial score (nSPS) is 10.3. The lowest BCUT2D eigenvalue weighted by Crippen LogP contribution is -1.87. The summed E-state index contributed by atoms with van der Waals surface area (Å²) in [5.74, 6) is 1.95. The average Bonchev–Trinajstić information content (AvgIpc) is 2.29. The molecule has 2 heteroatoms. The summed E-state index contributed by atoms with van der Waals surface area (Å²) in [5.41, 5.74) is 1.68. The number of furan rings is 1. The minimum Gasteiger partial charge on any atom is -0.464 e. The van der Waals surface area contributed by atoms with Crippen LogP contribution in [0, 0.1) is 25.2 Å². The van der Waals surface area contributed by atoms with Gasteiger partial charge in [0.15, 0.2) is 0 Å². The first kappa shape index (κ1) is 8.86. The smallest absolute Gasteiger partial charge is 0.124 e. The van der Waals surface area contributed by atoms with E-state index in [2.05, 4.69) is 6.07 Å². The summed E-state index contributed by atoms with van der Waals surface area (Å²) in [7, 11) is 0. The van der Waals surface area contributed by atoms with Gasteiger partial charge >= 0.3 is 0 Å². The zero-order valence-electron chi connectivity index (χ0n) is 7.93. The second-order valence-corrected chi connectivity index (χ2v) is 3.29. The first-order valence-electron chi connectivity index (χ1n) is 4.08. The summed E-state index contributed by atoms with van der Waals surface area (Å²) >= 11 is 0. The average molecular weight is 163 g/mol. The predicted octanol–water partition coefficient (Wildman–Crippen LogP) is 2.89. The molecule has 1 rings (SSSR count). The summed E-state index contributed by atoms with van der Waals surface area (Å²) in [5, 5.41) is 8.85. The molecule has 0 aromatic carbocycles. The maximum Gasteiger partial charge on any atom is 0.124 e. The van der Waals surface area contributed by atoms with E-state index in [4.69, 9.17) is 9.68 Å². The molecule has 0 saturated heterocycles. The van der Waals surface area contributed by atoms with Gasteiger partial charge < -0.3 is 4.42 Å². The highest BCUT2D eigenvalue weighted by molar-refractivity contribution is 5.42. The van der Waals surface area contributed by atoms with Crippen molar-refractivity contribution in [1.29, 1.82) is 5.26 Å². The molecule has 1 heterocycles. The van der Waals surface area contributed by atoms with Gasteiger partial charge in [0, 0.05) is 11.5 Å². The fourth-order valence-electron chi connectivity index (χ4n) is 1.20. The molecule has 0 aliphatic rings. The van der Waals surface area contributed by atoms with E-state index < -0.39 is 0 Å². The van der Waals surface area contributed by atoms with E-state index in [0.29, 0.717) is 5.56 Å². The number of hydrogen-bond acceptors (Lipinski definition) is 2. The molecule has 0 atom stereocenters. The standard InChI is InChI=1S/C10H13NO/c1-6(2)10-9(5-11)7(3)8(4)12-10/h6H,1-4H3. The van der Waals surface area contributed by atoms with Crippen LogP contribution in [0.25, 0.3) is 0 Å². The number of rotatable bonds is 1. The first-order chi connectivity index (χ1) is 5.57. The summed E-state index contributed by atoms with van der Waals surface area (Å²) < 4.78 is 5.48. The van der Waals surface area contributed by atoms with Gasteiger partial charge in [-0.2, -0.15) is 5.26 Å². The van der Waals surface area contributed by atoms with Gasteiger partial charge in [0.25, 0.3) is 0 Å². The van der Waals surface area contributed by atoms with Crippen LogP contribution in [0.3, 0.4) is 0 Å². The Labute approximate surface area is 72.8 Å². The van der Waals surface area contributed by atoms with Crippen LogP contribution in [0.2, 0.25) is 0 Å². The van der Waals surface area contributed by atoms with Crippen LogP contribution in [0.4, 0.5) is 0 Å². The van der Waals surface area contributed by atoms with Crippen molar-refractivity contribution in [2.24, 2.45) is 0 Å². The molecule has 0 spiro atoms. The summed E-state index contributed by atoms with van der Waals surface area (Å²) in [6.07, 6.45) is 0. The fourth-order valence-corrected chi connectivity index (χ4v) is 1.20. The molecule has 0 aliphatic heterocycles. The lowest BCUT2D eigenvalue weighted by molar-refractivity contribution is 0.461. The highest BCUT2D eigenvalue weighted by atomic mass is 16.3. The summed E-state index contributed by atoms with van der Waals surface area (Å²) in [6, 6.07) is 2.17. The number of nitrogens with zero attached hydrogens (tertiary/aromatic N) is 1. The van der Waals surface area contributed by atoms with E-state index in [1.165, 1.54) is 0 Å². The van der Waals surface area contributed by atoms with Crippen molar-refractivity contribution in [2.45, 2.75) is 33.6 Å². The highest BCUT2D eigenvalue weighted by Crippen LogP contribution is 2.26. The minimum absolute atomic E-state index is 0.284. The van der Waals surface area contributed by atoms with Crippen molar-refractivity contribution >= 4 is 0 Å². The van der Waals surface area contributed by atoms with Crippen molar-refractivity contribution in [3.63, 3.8) is 0 Å². The third-order valence-corrected chi connectivity index (χ3v) is 2.05. The van der Waals surface area contributed by atoms with Crippen LogP contribution in [0.1, 0.15) is 42.4 Å². The molecule has 12 heavy (non-hydrogen) atoms. The Morgan fingerprint density at radius 3 is 2.25 bits per heavy atom. The van der Waals surface area contributed by atoms with Gasteiger partial charge in [-0.15, -0.1) is 0 Å². The Morgan fingerprint density at radius 1 is 1.33 bits per heavy atom. The lowest BCUT2D eigenvalue weighted by atomic mass is 10.0. The molecular formula is C10H13NO. The van der Waals surface area contributed by atoms with E-state index >= 15 is 0 Å². The van der Waals surface area contributed by atoms with Gasteiger partial charge in [-0.25, -0.2) is 0 Å². The molecule has 1 aromatic rings. The van der Waals surface area contributed by atoms with Crippen molar-refractivity contribution in [2.75, 3.05) is 0 Å². The zero-order chi connectivity index (χ0) is 9.30. The Morgan fingerprint density at radius 2 is 1.92 bits per heavy atom. The van der Waals surface area contributed by atoms with Crippen LogP contribution in [-0.2, 0) is 0 Å². The molecule has 0 saturated carbocycles. The molecule has 0 aliphatic carbocycles. The van der Waals surface area contributed by atoms with Gasteiger partial charge in [0.2, 0.25) is 0 Å². The Balaban J connectivity index is 3.32. The van der Waals surface area contributed by atoms with E-state index in [1.807, 2.05) is 27.7 Å². The van der Waals surface area contributed by atoms with Crippen molar-refractivity contribution in [3.8, 4) is 6.07 Å². The van der Waals surface area contributed by atoms with E-state index in [-0.39, 0.29) is 5.92 Å². The molecule has 0 fully saturated rings. The molecule has 2 nitrogen and oxygen atoms in total. The van der Waals surface area contributed by atoms with E-state index in [0.717, 1.165) is 17.1 Å². The molecule has 0 bridgehead atoms. The molecular weight excluding hydrogens is 150 g/mol. The third kappa shape index (κ3) is 1.23. The molecule has 0 radical (unpaired) electrons. The van der Waals surface area contributed by atoms with E-state index in [1.54, 1.807) is 0 Å². The summed E-state index contributed by atoms with van der Waals surface area (Å²) in [6.45, 7) is 7.86. The molecule has 0 unspecified atom stereocenters. The predicted molar refractivity (Wildman–Crippen MR) is 47.0 cm³/mol. The number of hydrogen-bond donors (Lipinski definition) is 0. The Kier molecular flexibility index (Phi) is 2.23. The zero-order valence-corrected chi connectivity index (χ0v) is 7.93. The monoisotopic (exact) mass is 163 g/mol. The number of aryl methyl sites for hydroxylation is 1. The van der Waals surface area contributed by atoms with Gasteiger partial charge in [-0.05, 0) is 13.8 Å². The lowest BCUT2D eigenvalue weighted by Gasteiger charge is -1.98. The third-order valence-electron chi connectivity index (χ3n) is 2.05. The fraction of sp³-hybridized carbons (Fsp3) is 0.500. The van der Waals surface area contributed by atoms with Gasteiger partial charge in [-0.1, -0.05) is 13.8 Å². The van der Waals surface area contributed by atoms with Gasteiger partial charge in [-0.3, -0.25) is 0 Å². The maximum atomic E-state index is 8.85. The van der Waals surface area contributed by atoms with Crippen molar-refractivity contribution < 1.29 is 4.42 Å². The molecule has 64 valence electrons. The Hall–Kier alpha value is -1.23. The Bertz CT molecular complexity index is 328. The largest absolute Gasteiger partial charge is 0.464 e. The number of nitriles is 1. The second-order valence-electron chi connectivity index (χ2n) is 3.29. The van der Waals surface area contributed by atoms with Crippen LogP contribution >= 0.6 is 0 Å². The molecule has 0 amide bonds. The van der Waals surface area contributed by atoms with Gasteiger partial charge in [0.05, 0.1) is 5.56 Å². The second kappa shape index (κ2) is 3.02. The van der Waals surface area contributed by atoms with Crippen LogP contribution in [0.15, 0.2) is 4.42 Å². The van der Waals surface area contributed by atoms with Crippen LogP contribution in [0.5, 0.6) is 0 Å². The van der Waals surface area contributed by atoms with Crippen LogP contribution in [-0.4, -0.2) is 0 Å². The van der Waals surface area contributed by atoms with E-state index in [9.17, 15) is 0 Å². The van der Waals surface area contributed by atoms with Crippen molar-refractivity contribution in [1.82, 2.24) is 0 Å². The van der Waals surface area contributed by atoms with Crippen molar-refractivity contribution in [3.05, 3.63) is 22.6 Å². The summed E-state index contributed by atoms with van der Waals surface area (Å²) in [4.78, 5) is 0. The quantitative estimate of drug-likeness (QED) is 0.638. The van der Waals surface area contributed by atoms with Crippen LogP contribution < -0.4 is 0 Å². The highest BCUT2D eigenvalue weighted by Gasteiger charge is 2.16. The SMILES string of the molecule is Cc1oc(C(C)C)c(C#N)c1C. The maximum absolute atomic E-state index is 8.85. The van der Waals surface area contributed by atoms with Gasteiger partial charge in [0.1, 0.15) is 17.6 Å². The molecule has 0 N–H and O–H groups in total. The molecule has 1 aromatic heterocycles. The first-order valence-corrected chi connectivity index (χ1v) is 4.08.